The molecule has 4 nitrogen and oxygen atoms in total. The molecule has 0 atom stereocenters. The molecular weight excluding hydrogens is 186 g/mol. The standard InChI is InChI=1S/C8H17N3OS/c1-4-5-9-8(13)10-6-7(12)11(2)3/h4-6H2,1-3H3,(H2,9,10,13). The van der Waals surface area contributed by atoms with Crippen molar-refractivity contribution < 1.29 is 4.79 Å². The van der Waals surface area contributed by atoms with Gasteiger partial charge in [-0.05, 0) is 18.6 Å². The smallest absolute Gasteiger partial charge is 0.241 e. The Balaban J connectivity index is 3.52. The summed E-state index contributed by atoms with van der Waals surface area (Å²) in [6.07, 6.45) is 1.02. The highest BCUT2D eigenvalue weighted by atomic mass is 32.1. The van der Waals surface area contributed by atoms with Gasteiger partial charge in [0, 0.05) is 20.6 Å². The summed E-state index contributed by atoms with van der Waals surface area (Å²) in [6, 6.07) is 0. The Morgan fingerprint density at radius 1 is 1.38 bits per heavy atom. The summed E-state index contributed by atoms with van der Waals surface area (Å²) in [6.45, 7) is 3.14. The first-order valence-electron chi connectivity index (χ1n) is 4.29. The summed E-state index contributed by atoms with van der Waals surface area (Å²) in [5.74, 6) is 0.0145. The molecule has 0 aromatic heterocycles. The van der Waals surface area contributed by atoms with Crippen molar-refractivity contribution in [2.45, 2.75) is 13.3 Å². The zero-order valence-electron chi connectivity index (χ0n) is 8.39. The average Bonchev–Trinajstić information content (AvgIpc) is 2.10. The maximum Gasteiger partial charge on any atom is 0.241 e. The van der Waals surface area contributed by atoms with Crippen LogP contribution in [-0.2, 0) is 4.79 Å². The molecule has 0 fully saturated rings. The van der Waals surface area contributed by atoms with Gasteiger partial charge >= 0.3 is 0 Å². The number of hydrogen-bond acceptors (Lipinski definition) is 2. The molecule has 0 heterocycles. The van der Waals surface area contributed by atoms with Crippen molar-refractivity contribution in [2.75, 3.05) is 27.2 Å². The molecule has 0 saturated carbocycles. The van der Waals surface area contributed by atoms with Crippen LogP contribution < -0.4 is 10.6 Å². The van der Waals surface area contributed by atoms with E-state index in [0.717, 1.165) is 13.0 Å². The first kappa shape index (κ1) is 12.2. The lowest BCUT2D eigenvalue weighted by Crippen LogP contribution is -2.41. The van der Waals surface area contributed by atoms with Gasteiger partial charge in [-0.15, -0.1) is 0 Å². The fourth-order valence-electron chi connectivity index (χ4n) is 0.615. The number of likely N-dealkylation sites (N-methyl/N-ethyl adjacent to an activating group) is 1. The Kier molecular flexibility index (Phi) is 6.22. The van der Waals surface area contributed by atoms with Gasteiger partial charge in [0.15, 0.2) is 5.11 Å². The number of carbonyl (C=O) groups excluding carboxylic acids is 1. The molecule has 5 heteroatoms. The van der Waals surface area contributed by atoms with E-state index in [2.05, 4.69) is 17.6 Å². The van der Waals surface area contributed by atoms with Gasteiger partial charge in [0.25, 0.3) is 0 Å². The monoisotopic (exact) mass is 203 g/mol. The predicted molar refractivity (Wildman–Crippen MR) is 57.6 cm³/mol. The molecule has 13 heavy (non-hydrogen) atoms. The first-order valence-corrected chi connectivity index (χ1v) is 4.70. The largest absolute Gasteiger partial charge is 0.363 e. The van der Waals surface area contributed by atoms with Crippen molar-refractivity contribution >= 4 is 23.2 Å². The molecule has 2 N–H and O–H groups in total. The zero-order valence-corrected chi connectivity index (χ0v) is 9.20. The highest BCUT2D eigenvalue weighted by Gasteiger charge is 2.03. The molecule has 1 amide bonds. The molecule has 0 saturated heterocycles. The Morgan fingerprint density at radius 2 is 2.00 bits per heavy atom. The molecule has 0 aromatic rings. The van der Waals surface area contributed by atoms with Gasteiger partial charge in [0.2, 0.25) is 5.91 Å². The van der Waals surface area contributed by atoms with Gasteiger partial charge in [-0.25, -0.2) is 0 Å². The second-order valence-corrected chi connectivity index (χ2v) is 3.31. The minimum Gasteiger partial charge on any atom is -0.363 e. The normalized spacial score (nSPS) is 9.15. The first-order chi connectivity index (χ1) is 6.07. The van der Waals surface area contributed by atoms with Gasteiger partial charge in [-0.3, -0.25) is 4.79 Å². The van der Waals surface area contributed by atoms with Crippen LogP contribution in [0.3, 0.4) is 0 Å². The molecule has 0 spiro atoms. The van der Waals surface area contributed by atoms with E-state index in [1.807, 2.05) is 0 Å². The average molecular weight is 203 g/mol. The van der Waals surface area contributed by atoms with Gasteiger partial charge in [-0.2, -0.15) is 0 Å². The molecule has 0 bridgehead atoms. The minimum atomic E-state index is 0.0145. The minimum absolute atomic E-state index is 0.0145. The topological polar surface area (TPSA) is 44.4 Å². The highest BCUT2D eigenvalue weighted by molar-refractivity contribution is 7.80. The highest BCUT2D eigenvalue weighted by Crippen LogP contribution is 1.77. The van der Waals surface area contributed by atoms with Crippen LogP contribution in [-0.4, -0.2) is 43.1 Å². The van der Waals surface area contributed by atoms with Crippen LogP contribution in [0.25, 0.3) is 0 Å². The number of amides is 1. The molecule has 0 radical (unpaired) electrons. The predicted octanol–water partition coefficient (Wildman–Crippen LogP) is -0.0513. The lowest BCUT2D eigenvalue weighted by Gasteiger charge is -2.12. The van der Waals surface area contributed by atoms with E-state index in [-0.39, 0.29) is 12.5 Å². The molecule has 0 rings (SSSR count). The van der Waals surface area contributed by atoms with Crippen LogP contribution in [0.2, 0.25) is 0 Å². The molecule has 76 valence electrons. The summed E-state index contributed by atoms with van der Waals surface area (Å²) in [7, 11) is 3.43. The number of thiocarbonyl (C=S) groups is 1. The van der Waals surface area contributed by atoms with Crippen molar-refractivity contribution in [1.82, 2.24) is 15.5 Å². The third-order valence-electron chi connectivity index (χ3n) is 1.43. The van der Waals surface area contributed by atoms with Crippen molar-refractivity contribution in [3.63, 3.8) is 0 Å². The molecule has 0 aliphatic carbocycles. The Morgan fingerprint density at radius 3 is 2.46 bits per heavy atom. The number of nitrogens with one attached hydrogen (secondary N) is 2. The third-order valence-corrected chi connectivity index (χ3v) is 1.72. The van der Waals surface area contributed by atoms with Crippen molar-refractivity contribution in [1.29, 1.82) is 0 Å². The third kappa shape index (κ3) is 6.33. The fraction of sp³-hybridized carbons (Fsp3) is 0.750. The van der Waals surface area contributed by atoms with E-state index in [9.17, 15) is 4.79 Å². The summed E-state index contributed by atoms with van der Waals surface area (Å²) in [4.78, 5) is 12.6. The van der Waals surface area contributed by atoms with Crippen molar-refractivity contribution in [3.05, 3.63) is 0 Å². The molecule has 0 aliphatic heterocycles. The van der Waals surface area contributed by atoms with Crippen molar-refractivity contribution in [3.8, 4) is 0 Å². The maximum absolute atomic E-state index is 11.1. The van der Waals surface area contributed by atoms with E-state index in [1.54, 1.807) is 14.1 Å². The van der Waals surface area contributed by atoms with Crippen LogP contribution in [0.1, 0.15) is 13.3 Å². The van der Waals surface area contributed by atoms with Crippen LogP contribution in [0.15, 0.2) is 0 Å². The molecule has 0 unspecified atom stereocenters. The van der Waals surface area contributed by atoms with E-state index < -0.39 is 0 Å². The summed E-state index contributed by atoms with van der Waals surface area (Å²) >= 11 is 4.93. The number of rotatable bonds is 4. The van der Waals surface area contributed by atoms with Gasteiger partial charge in [0.1, 0.15) is 0 Å². The zero-order chi connectivity index (χ0) is 10.3. The number of carbonyl (C=O) groups is 1. The Labute approximate surface area is 84.7 Å². The molecular formula is C8H17N3OS. The number of nitrogens with zero attached hydrogens (tertiary/aromatic N) is 1. The number of hydrogen-bond donors (Lipinski definition) is 2. The van der Waals surface area contributed by atoms with E-state index in [4.69, 9.17) is 12.2 Å². The molecule has 0 aliphatic rings. The lowest BCUT2D eigenvalue weighted by molar-refractivity contribution is -0.127. The summed E-state index contributed by atoms with van der Waals surface area (Å²) < 4.78 is 0. The summed E-state index contributed by atoms with van der Waals surface area (Å²) in [5.41, 5.74) is 0. The van der Waals surface area contributed by atoms with Crippen molar-refractivity contribution in [2.24, 2.45) is 0 Å². The Hall–Kier alpha value is -0.840. The quantitative estimate of drug-likeness (QED) is 0.629. The van der Waals surface area contributed by atoms with Crippen LogP contribution in [0, 0.1) is 0 Å². The van der Waals surface area contributed by atoms with Gasteiger partial charge in [0.05, 0.1) is 6.54 Å². The van der Waals surface area contributed by atoms with Crippen LogP contribution in [0.5, 0.6) is 0 Å². The second kappa shape index (κ2) is 6.65. The molecule has 0 aromatic carbocycles. The van der Waals surface area contributed by atoms with E-state index >= 15 is 0 Å². The summed E-state index contributed by atoms with van der Waals surface area (Å²) in [5, 5.41) is 6.34. The van der Waals surface area contributed by atoms with E-state index in [1.165, 1.54) is 4.90 Å². The SMILES string of the molecule is CCCNC(=S)NCC(=O)N(C)C. The Bertz CT molecular complexity index is 182. The van der Waals surface area contributed by atoms with E-state index in [0.29, 0.717) is 5.11 Å². The fourth-order valence-corrected chi connectivity index (χ4v) is 0.789. The van der Waals surface area contributed by atoms with Crippen LogP contribution in [0.4, 0.5) is 0 Å². The van der Waals surface area contributed by atoms with Crippen LogP contribution >= 0.6 is 12.2 Å². The van der Waals surface area contributed by atoms with Gasteiger partial charge < -0.3 is 15.5 Å². The van der Waals surface area contributed by atoms with Gasteiger partial charge in [-0.1, -0.05) is 6.92 Å². The lowest BCUT2D eigenvalue weighted by atomic mass is 10.5. The maximum atomic E-state index is 11.1. The second-order valence-electron chi connectivity index (χ2n) is 2.90.